The van der Waals surface area contributed by atoms with Crippen molar-refractivity contribution in [1.82, 2.24) is 9.97 Å². The van der Waals surface area contributed by atoms with Gasteiger partial charge in [-0.25, -0.2) is 4.98 Å². The van der Waals surface area contributed by atoms with Crippen molar-refractivity contribution in [2.75, 3.05) is 16.8 Å². The van der Waals surface area contributed by atoms with Gasteiger partial charge in [0.05, 0.1) is 0 Å². The Hall–Kier alpha value is -2.59. The number of aryl methyl sites for hydroxylation is 1. The zero-order valence-corrected chi connectivity index (χ0v) is 15.2. The summed E-state index contributed by atoms with van der Waals surface area (Å²) in [6, 6.07) is 19.9. The van der Waals surface area contributed by atoms with Gasteiger partial charge in [0.25, 0.3) is 0 Å². The SMILES string of the molecule is CCN(Cc1ccccc1)c1nc(C)cc(Nc2ccc(Cl)cc2)n1. The van der Waals surface area contributed by atoms with E-state index in [0.717, 1.165) is 36.2 Å². The number of nitrogens with zero attached hydrogens (tertiary/aromatic N) is 3. The van der Waals surface area contributed by atoms with Gasteiger partial charge in [-0.05, 0) is 43.7 Å². The number of aromatic nitrogens is 2. The van der Waals surface area contributed by atoms with E-state index in [1.807, 2.05) is 55.5 Å². The van der Waals surface area contributed by atoms with E-state index in [1.54, 1.807) is 0 Å². The predicted molar refractivity (Wildman–Crippen MR) is 105 cm³/mol. The van der Waals surface area contributed by atoms with E-state index in [0.29, 0.717) is 5.02 Å². The van der Waals surface area contributed by atoms with Gasteiger partial charge in [0.2, 0.25) is 5.95 Å². The van der Waals surface area contributed by atoms with Crippen LogP contribution in [0.3, 0.4) is 0 Å². The highest BCUT2D eigenvalue weighted by Gasteiger charge is 2.11. The van der Waals surface area contributed by atoms with Crippen molar-refractivity contribution in [3.05, 3.63) is 76.9 Å². The number of halogens is 1. The van der Waals surface area contributed by atoms with Gasteiger partial charge in [0.1, 0.15) is 5.82 Å². The smallest absolute Gasteiger partial charge is 0.227 e. The summed E-state index contributed by atoms with van der Waals surface area (Å²) >= 11 is 5.94. The Labute approximate surface area is 153 Å². The summed E-state index contributed by atoms with van der Waals surface area (Å²) < 4.78 is 0. The minimum Gasteiger partial charge on any atom is -0.340 e. The molecule has 1 N–H and O–H groups in total. The van der Waals surface area contributed by atoms with Gasteiger partial charge in [-0.15, -0.1) is 0 Å². The van der Waals surface area contributed by atoms with Crippen LogP contribution in [0.25, 0.3) is 0 Å². The van der Waals surface area contributed by atoms with Crippen molar-refractivity contribution in [3.8, 4) is 0 Å². The molecule has 0 aliphatic heterocycles. The van der Waals surface area contributed by atoms with Gasteiger partial charge in [-0.3, -0.25) is 0 Å². The Balaban J connectivity index is 1.83. The summed E-state index contributed by atoms with van der Waals surface area (Å²) in [5.74, 6) is 1.50. The Morgan fingerprint density at radius 2 is 1.72 bits per heavy atom. The Bertz CT molecular complexity index is 819. The normalized spacial score (nSPS) is 10.5. The van der Waals surface area contributed by atoms with E-state index in [-0.39, 0.29) is 0 Å². The first-order chi connectivity index (χ1) is 12.1. The minimum atomic E-state index is 0.713. The molecule has 25 heavy (non-hydrogen) atoms. The van der Waals surface area contributed by atoms with Crippen molar-refractivity contribution in [3.63, 3.8) is 0 Å². The van der Waals surface area contributed by atoms with E-state index < -0.39 is 0 Å². The molecule has 0 saturated heterocycles. The molecule has 1 aromatic heterocycles. The molecule has 0 aliphatic carbocycles. The fourth-order valence-electron chi connectivity index (χ4n) is 2.57. The maximum atomic E-state index is 5.94. The monoisotopic (exact) mass is 352 g/mol. The summed E-state index contributed by atoms with van der Waals surface area (Å²) in [6.45, 7) is 5.70. The van der Waals surface area contributed by atoms with Gasteiger partial charge >= 0.3 is 0 Å². The van der Waals surface area contributed by atoms with Crippen molar-refractivity contribution in [2.45, 2.75) is 20.4 Å². The standard InChI is InChI=1S/C20H21ClN4/c1-3-25(14-16-7-5-4-6-8-16)20-22-15(2)13-19(24-20)23-18-11-9-17(21)10-12-18/h4-13H,3,14H2,1-2H3,(H,22,23,24). The molecule has 0 bridgehead atoms. The fourth-order valence-corrected chi connectivity index (χ4v) is 2.69. The van der Waals surface area contributed by atoms with E-state index in [4.69, 9.17) is 11.6 Å². The van der Waals surface area contributed by atoms with Crippen LogP contribution in [0.4, 0.5) is 17.5 Å². The number of nitrogens with one attached hydrogen (secondary N) is 1. The highest BCUT2D eigenvalue weighted by molar-refractivity contribution is 6.30. The van der Waals surface area contributed by atoms with Crippen LogP contribution in [-0.4, -0.2) is 16.5 Å². The van der Waals surface area contributed by atoms with Gasteiger partial charge in [0.15, 0.2) is 0 Å². The average molecular weight is 353 g/mol. The lowest BCUT2D eigenvalue weighted by atomic mass is 10.2. The fraction of sp³-hybridized carbons (Fsp3) is 0.200. The zero-order valence-electron chi connectivity index (χ0n) is 14.4. The summed E-state index contributed by atoms with van der Waals surface area (Å²) in [5, 5.41) is 4.03. The van der Waals surface area contributed by atoms with Crippen LogP contribution >= 0.6 is 11.6 Å². The molecule has 0 aliphatic rings. The summed E-state index contributed by atoms with van der Waals surface area (Å²) in [5.41, 5.74) is 3.11. The molecule has 4 nitrogen and oxygen atoms in total. The second-order valence-electron chi connectivity index (χ2n) is 5.83. The van der Waals surface area contributed by atoms with Gasteiger partial charge in [-0.1, -0.05) is 41.9 Å². The minimum absolute atomic E-state index is 0.713. The average Bonchev–Trinajstić information content (AvgIpc) is 2.62. The largest absolute Gasteiger partial charge is 0.340 e. The molecule has 0 spiro atoms. The maximum absolute atomic E-state index is 5.94. The quantitative estimate of drug-likeness (QED) is 0.661. The lowest BCUT2D eigenvalue weighted by Gasteiger charge is -2.22. The lowest BCUT2D eigenvalue weighted by Crippen LogP contribution is -2.24. The highest BCUT2D eigenvalue weighted by atomic mass is 35.5. The highest BCUT2D eigenvalue weighted by Crippen LogP contribution is 2.21. The topological polar surface area (TPSA) is 41.1 Å². The molecule has 0 saturated carbocycles. The molecule has 0 fully saturated rings. The first-order valence-corrected chi connectivity index (χ1v) is 8.69. The number of benzene rings is 2. The Morgan fingerprint density at radius 1 is 1.00 bits per heavy atom. The number of hydrogen-bond donors (Lipinski definition) is 1. The molecule has 2 aromatic carbocycles. The van der Waals surface area contributed by atoms with Crippen LogP contribution in [0.2, 0.25) is 5.02 Å². The van der Waals surface area contributed by atoms with E-state index >= 15 is 0 Å². The van der Waals surface area contributed by atoms with Crippen LogP contribution in [0.1, 0.15) is 18.2 Å². The molecular formula is C20H21ClN4. The van der Waals surface area contributed by atoms with Crippen molar-refractivity contribution in [1.29, 1.82) is 0 Å². The van der Waals surface area contributed by atoms with Crippen molar-refractivity contribution >= 4 is 29.1 Å². The van der Waals surface area contributed by atoms with Crippen LogP contribution in [0.15, 0.2) is 60.7 Å². The Kier molecular flexibility index (Phi) is 5.51. The van der Waals surface area contributed by atoms with Crippen molar-refractivity contribution in [2.24, 2.45) is 0 Å². The van der Waals surface area contributed by atoms with Crippen LogP contribution < -0.4 is 10.2 Å². The zero-order chi connectivity index (χ0) is 17.6. The second kappa shape index (κ2) is 7.99. The van der Waals surface area contributed by atoms with Gasteiger partial charge < -0.3 is 10.2 Å². The number of rotatable bonds is 6. The molecule has 0 atom stereocenters. The molecule has 0 unspecified atom stereocenters. The Morgan fingerprint density at radius 3 is 2.40 bits per heavy atom. The van der Waals surface area contributed by atoms with E-state index in [1.165, 1.54) is 5.56 Å². The van der Waals surface area contributed by atoms with Gasteiger partial charge in [0, 0.05) is 35.6 Å². The molecule has 3 rings (SSSR count). The van der Waals surface area contributed by atoms with E-state index in [2.05, 4.69) is 39.2 Å². The third-order valence-electron chi connectivity index (χ3n) is 3.84. The molecule has 5 heteroatoms. The second-order valence-corrected chi connectivity index (χ2v) is 6.26. The van der Waals surface area contributed by atoms with Gasteiger partial charge in [-0.2, -0.15) is 4.98 Å². The maximum Gasteiger partial charge on any atom is 0.227 e. The molecule has 0 amide bonds. The molecular weight excluding hydrogens is 332 g/mol. The predicted octanol–water partition coefficient (Wildman–Crippen LogP) is 5.21. The third-order valence-corrected chi connectivity index (χ3v) is 4.09. The number of anilines is 3. The molecule has 1 heterocycles. The van der Waals surface area contributed by atoms with Crippen LogP contribution in [0, 0.1) is 6.92 Å². The van der Waals surface area contributed by atoms with Crippen molar-refractivity contribution < 1.29 is 0 Å². The summed E-state index contributed by atoms with van der Waals surface area (Å²) in [7, 11) is 0. The van der Waals surface area contributed by atoms with Crippen LogP contribution in [-0.2, 0) is 6.54 Å². The lowest BCUT2D eigenvalue weighted by molar-refractivity contribution is 0.788. The summed E-state index contributed by atoms with van der Waals surface area (Å²) in [4.78, 5) is 11.5. The molecule has 3 aromatic rings. The van der Waals surface area contributed by atoms with E-state index in [9.17, 15) is 0 Å². The molecule has 0 radical (unpaired) electrons. The first kappa shape index (κ1) is 17.2. The first-order valence-electron chi connectivity index (χ1n) is 8.31. The number of hydrogen-bond acceptors (Lipinski definition) is 4. The molecule has 128 valence electrons. The third kappa shape index (κ3) is 4.70. The summed E-state index contributed by atoms with van der Waals surface area (Å²) in [6.07, 6.45) is 0. The van der Waals surface area contributed by atoms with Crippen LogP contribution in [0.5, 0.6) is 0 Å².